The minimum Gasteiger partial charge on any atom is -0.340 e. The molecule has 0 unspecified atom stereocenters. The maximum atomic E-state index is 12.7. The van der Waals surface area contributed by atoms with Gasteiger partial charge in [-0.2, -0.15) is 4.98 Å². The molecule has 0 aliphatic heterocycles. The van der Waals surface area contributed by atoms with Crippen LogP contribution in [0.1, 0.15) is 27.6 Å². The number of fused-ring (bicyclic) bond motifs is 1. The Kier molecular flexibility index (Phi) is 6.28. The zero-order valence-corrected chi connectivity index (χ0v) is 17.6. The van der Waals surface area contributed by atoms with Crippen LogP contribution in [0.15, 0.2) is 76.1 Å². The molecule has 1 aromatic heterocycles. The van der Waals surface area contributed by atoms with Crippen LogP contribution in [0.3, 0.4) is 0 Å². The van der Waals surface area contributed by atoms with E-state index < -0.39 is 5.91 Å². The van der Waals surface area contributed by atoms with Gasteiger partial charge in [0.1, 0.15) is 0 Å². The number of carbonyl (C=O) groups is 2. The summed E-state index contributed by atoms with van der Waals surface area (Å²) < 4.78 is 4.97. The maximum absolute atomic E-state index is 12.7. The van der Waals surface area contributed by atoms with Crippen molar-refractivity contribution < 1.29 is 14.1 Å². The lowest BCUT2D eigenvalue weighted by atomic mass is 10.0. The van der Waals surface area contributed by atoms with Gasteiger partial charge >= 0.3 is 0 Å². The van der Waals surface area contributed by atoms with Gasteiger partial charge in [-0.05, 0) is 28.5 Å². The van der Waals surface area contributed by atoms with Crippen molar-refractivity contribution >= 4 is 34.3 Å². The number of hydrogen-bond acceptors (Lipinski definition) is 6. The first-order chi connectivity index (χ1) is 15.1. The Labute approximate surface area is 183 Å². The summed E-state index contributed by atoms with van der Waals surface area (Å²) in [6.07, 6.45) is 0.162. The van der Waals surface area contributed by atoms with Crippen LogP contribution in [0.5, 0.6) is 0 Å². The number of nitrogens with one attached hydrogen (secondary N) is 2. The van der Waals surface area contributed by atoms with Gasteiger partial charge in [0, 0.05) is 11.8 Å². The van der Waals surface area contributed by atoms with Gasteiger partial charge in [0.25, 0.3) is 5.91 Å². The van der Waals surface area contributed by atoms with E-state index in [1.54, 1.807) is 19.1 Å². The number of carbonyl (C=O) groups excluding carboxylic acids is 2. The summed E-state index contributed by atoms with van der Waals surface area (Å²) in [5, 5.41) is 5.95. The largest absolute Gasteiger partial charge is 0.340 e. The summed E-state index contributed by atoms with van der Waals surface area (Å²) in [7, 11) is 0. The lowest BCUT2D eigenvalue weighted by Crippen LogP contribution is -2.42. The van der Waals surface area contributed by atoms with E-state index in [1.807, 2.05) is 54.6 Å². The molecule has 0 atom stereocenters. The molecule has 1 heterocycles. The Morgan fingerprint density at radius 3 is 2.58 bits per heavy atom. The zero-order chi connectivity index (χ0) is 21.6. The Balaban J connectivity index is 1.38. The molecule has 0 radical (unpaired) electrons. The van der Waals surface area contributed by atoms with E-state index >= 15 is 0 Å². The van der Waals surface area contributed by atoms with Crippen molar-refractivity contribution in [3.63, 3.8) is 0 Å². The summed E-state index contributed by atoms with van der Waals surface area (Å²) in [6, 6.07) is 20.9. The van der Waals surface area contributed by atoms with Crippen LogP contribution in [0.2, 0.25) is 0 Å². The predicted octanol–water partition coefficient (Wildman–Crippen LogP) is 3.83. The Hall–Kier alpha value is -3.65. The Morgan fingerprint density at radius 1 is 0.968 bits per heavy atom. The van der Waals surface area contributed by atoms with Gasteiger partial charge in [0.2, 0.25) is 11.8 Å². The number of hydrazine groups is 1. The van der Waals surface area contributed by atoms with Gasteiger partial charge < -0.3 is 4.52 Å². The topological polar surface area (TPSA) is 97.1 Å². The second kappa shape index (κ2) is 9.44. The van der Waals surface area contributed by atoms with Crippen molar-refractivity contribution in [2.24, 2.45) is 0 Å². The number of aryl methyl sites for hydroxylation is 1. The number of amides is 2. The molecule has 2 N–H and O–H groups in total. The molecule has 8 heteroatoms. The standard InChI is InChI=1S/C23H20N4O3S/c1-15-24-21(27-30-15)14-31-20-12-5-4-11-19(20)23(29)26-25-22(28)13-17-9-6-8-16-7-2-3-10-18(16)17/h2-12H,13-14H2,1H3,(H,25,28)(H,26,29). The highest BCUT2D eigenvalue weighted by molar-refractivity contribution is 7.98. The first kappa shape index (κ1) is 20.6. The van der Waals surface area contributed by atoms with Gasteiger partial charge in [-0.3, -0.25) is 20.4 Å². The lowest BCUT2D eigenvalue weighted by molar-refractivity contribution is -0.121. The van der Waals surface area contributed by atoms with Crippen LogP contribution < -0.4 is 10.9 Å². The molecule has 3 aromatic carbocycles. The molecule has 0 saturated heterocycles. The molecular formula is C23H20N4O3S. The third kappa shape index (κ3) is 5.10. The monoisotopic (exact) mass is 432 g/mol. The van der Waals surface area contributed by atoms with E-state index in [0.29, 0.717) is 23.0 Å². The molecular weight excluding hydrogens is 412 g/mol. The summed E-state index contributed by atoms with van der Waals surface area (Å²) in [5.74, 6) is 0.835. The lowest BCUT2D eigenvalue weighted by Gasteiger charge is -2.11. The van der Waals surface area contributed by atoms with E-state index in [1.165, 1.54) is 11.8 Å². The van der Waals surface area contributed by atoms with Crippen LogP contribution >= 0.6 is 11.8 Å². The number of rotatable bonds is 6. The van der Waals surface area contributed by atoms with Crippen LogP contribution in [-0.2, 0) is 17.0 Å². The van der Waals surface area contributed by atoms with E-state index in [4.69, 9.17) is 4.52 Å². The summed E-state index contributed by atoms with van der Waals surface area (Å²) in [4.78, 5) is 30.0. The summed E-state index contributed by atoms with van der Waals surface area (Å²) in [6.45, 7) is 1.73. The van der Waals surface area contributed by atoms with Gasteiger partial charge in [0.05, 0.1) is 17.7 Å². The summed E-state index contributed by atoms with van der Waals surface area (Å²) in [5.41, 5.74) is 6.38. The van der Waals surface area contributed by atoms with E-state index in [2.05, 4.69) is 21.0 Å². The first-order valence-electron chi connectivity index (χ1n) is 9.67. The highest BCUT2D eigenvalue weighted by Crippen LogP contribution is 2.25. The summed E-state index contributed by atoms with van der Waals surface area (Å²) >= 11 is 1.42. The van der Waals surface area contributed by atoms with Crippen molar-refractivity contribution in [2.75, 3.05) is 0 Å². The molecule has 2 amide bonds. The average molecular weight is 433 g/mol. The number of nitrogens with zero attached hydrogens (tertiary/aromatic N) is 2. The minimum atomic E-state index is -0.390. The number of aromatic nitrogens is 2. The Morgan fingerprint density at radius 2 is 1.74 bits per heavy atom. The highest BCUT2D eigenvalue weighted by Gasteiger charge is 2.14. The Bertz CT molecular complexity index is 1230. The van der Waals surface area contributed by atoms with Crippen molar-refractivity contribution in [2.45, 2.75) is 24.0 Å². The molecule has 156 valence electrons. The fourth-order valence-electron chi connectivity index (χ4n) is 3.18. The van der Waals surface area contributed by atoms with E-state index in [9.17, 15) is 9.59 Å². The molecule has 0 fully saturated rings. The molecule has 7 nitrogen and oxygen atoms in total. The first-order valence-corrected chi connectivity index (χ1v) is 10.7. The molecule has 4 aromatic rings. The smallest absolute Gasteiger partial charge is 0.270 e. The molecule has 0 bridgehead atoms. The fourth-order valence-corrected chi connectivity index (χ4v) is 4.07. The zero-order valence-electron chi connectivity index (χ0n) is 16.8. The average Bonchev–Trinajstić information content (AvgIpc) is 3.21. The molecule has 0 saturated carbocycles. The van der Waals surface area contributed by atoms with Gasteiger partial charge in [-0.25, -0.2) is 0 Å². The quantitative estimate of drug-likeness (QED) is 0.355. The number of hydrogen-bond donors (Lipinski definition) is 2. The predicted molar refractivity (Wildman–Crippen MR) is 118 cm³/mol. The second-order valence-corrected chi connectivity index (χ2v) is 7.85. The second-order valence-electron chi connectivity index (χ2n) is 6.83. The normalized spacial score (nSPS) is 10.7. The third-order valence-corrected chi connectivity index (χ3v) is 5.67. The molecule has 0 spiro atoms. The van der Waals surface area contributed by atoms with Gasteiger partial charge in [-0.1, -0.05) is 59.8 Å². The molecule has 0 aliphatic rings. The maximum Gasteiger partial charge on any atom is 0.270 e. The molecule has 4 rings (SSSR count). The van der Waals surface area contributed by atoms with Crippen molar-refractivity contribution in [3.05, 3.63) is 89.6 Å². The fraction of sp³-hybridized carbons (Fsp3) is 0.130. The van der Waals surface area contributed by atoms with Crippen LogP contribution in [0.25, 0.3) is 10.8 Å². The SMILES string of the molecule is Cc1nc(CSc2ccccc2C(=O)NNC(=O)Cc2cccc3ccccc23)no1. The van der Waals surface area contributed by atoms with E-state index in [0.717, 1.165) is 21.2 Å². The third-order valence-electron chi connectivity index (χ3n) is 4.60. The van der Waals surface area contributed by atoms with Crippen molar-refractivity contribution in [1.29, 1.82) is 0 Å². The van der Waals surface area contributed by atoms with Crippen LogP contribution in [-0.4, -0.2) is 22.0 Å². The van der Waals surface area contributed by atoms with Crippen LogP contribution in [0, 0.1) is 6.92 Å². The number of benzene rings is 3. The van der Waals surface area contributed by atoms with Gasteiger partial charge in [-0.15, -0.1) is 11.8 Å². The van der Waals surface area contributed by atoms with Crippen molar-refractivity contribution in [3.8, 4) is 0 Å². The number of thioether (sulfide) groups is 1. The minimum absolute atomic E-state index is 0.162. The van der Waals surface area contributed by atoms with Crippen molar-refractivity contribution in [1.82, 2.24) is 21.0 Å². The highest BCUT2D eigenvalue weighted by atomic mass is 32.2. The van der Waals surface area contributed by atoms with Crippen LogP contribution in [0.4, 0.5) is 0 Å². The van der Waals surface area contributed by atoms with E-state index in [-0.39, 0.29) is 12.3 Å². The van der Waals surface area contributed by atoms with Gasteiger partial charge in [0.15, 0.2) is 5.82 Å². The molecule has 0 aliphatic carbocycles. The molecule has 31 heavy (non-hydrogen) atoms.